The van der Waals surface area contributed by atoms with Gasteiger partial charge in [-0.2, -0.15) is 13.2 Å². The number of oxime groups is 1. The summed E-state index contributed by atoms with van der Waals surface area (Å²) in [4.78, 5) is 3.12. The highest BCUT2D eigenvalue weighted by atomic mass is 19.4. The SMILES string of the molecule is O/N=C/c1ccnc(C(F)(F)F)c1. The number of halogens is 3. The van der Waals surface area contributed by atoms with Gasteiger partial charge in [-0.3, -0.25) is 4.98 Å². The van der Waals surface area contributed by atoms with Gasteiger partial charge in [0.05, 0.1) is 6.21 Å². The van der Waals surface area contributed by atoms with Crippen LogP contribution in [-0.2, 0) is 6.18 Å². The van der Waals surface area contributed by atoms with Crippen molar-refractivity contribution >= 4 is 6.21 Å². The van der Waals surface area contributed by atoms with Crippen LogP contribution in [0.1, 0.15) is 11.3 Å². The second kappa shape index (κ2) is 3.42. The summed E-state index contributed by atoms with van der Waals surface area (Å²) in [6.07, 6.45) is -2.57. The molecule has 0 unspecified atom stereocenters. The van der Waals surface area contributed by atoms with Gasteiger partial charge in [-0.25, -0.2) is 0 Å². The fourth-order valence-corrected chi connectivity index (χ4v) is 0.749. The second-order valence-electron chi connectivity index (χ2n) is 2.22. The Labute approximate surface area is 71.5 Å². The molecule has 1 aromatic rings. The van der Waals surface area contributed by atoms with Gasteiger partial charge in [0.25, 0.3) is 0 Å². The minimum Gasteiger partial charge on any atom is -0.411 e. The molecule has 0 aromatic carbocycles. The van der Waals surface area contributed by atoms with Crippen molar-refractivity contribution in [2.75, 3.05) is 0 Å². The van der Waals surface area contributed by atoms with Crippen LogP contribution < -0.4 is 0 Å². The van der Waals surface area contributed by atoms with Crippen molar-refractivity contribution in [3.05, 3.63) is 29.6 Å². The average Bonchev–Trinajstić information content (AvgIpc) is 2.04. The third-order valence-electron chi connectivity index (χ3n) is 1.28. The van der Waals surface area contributed by atoms with Gasteiger partial charge in [0.15, 0.2) is 0 Å². The van der Waals surface area contributed by atoms with Crippen molar-refractivity contribution in [1.82, 2.24) is 4.98 Å². The van der Waals surface area contributed by atoms with Crippen molar-refractivity contribution in [2.45, 2.75) is 6.18 Å². The van der Waals surface area contributed by atoms with Crippen LogP contribution in [0.5, 0.6) is 0 Å². The van der Waals surface area contributed by atoms with E-state index in [4.69, 9.17) is 5.21 Å². The van der Waals surface area contributed by atoms with Crippen LogP contribution in [0.2, 0.25) is 0 Å². The summed E-state index contributed by atoms with van der Waals surface area (Å²) >= 11 is 0. The zero-order chi connectivity index (χ0) is 9.90. The van der Waals surface area contributed by atoms with E-state index in [-0.39, 0.29) is 5.56 Å². The Balaban J connectivity index is 3.05. The topological polar surface area (TPSA) is 45.5 Å². The molecule has 0 saturated carbocycles. The van der Waals surface area contributed by atoms with Gasteiger partial charge in [-0.15, -0.1) is 0 Å². The lowest BCUT2D eigenvalue weighted by Crippen LogP contribution is -2.07. The van der Waals surface area contributed by atoms with Gasteiger partial charge in [0.2, 0.25) is 0 Å². The normalized spacial score (nSPS) is 12.2. The number of hydrogen-bond acceptors (Lipinski definition) is 3. The van der Waals surface area contributed by atoms with Gasteiger partial charge in [-0.1, -0.05) is 5.16 Å². The molecule has 3 nitrogen and oxygen atoms in total. The maximum Gasteiger partial charge on any atom is 0.433 e. The number of alkyl halides is 3. The average molecular weight is 190 g/mol. The lowest BCUT2D eigenvalue weighted by Gasteiger charge is -2.04. The van der Waals surface area contributed by atoms with Crippen LogP contribution in [0.15, 0.2) is 23.5 Å². The molecule has 0 amide bonds. The number of rotatable bonds is 1. The van der Waals surface area contributed by atoms with Gasteiger partial charge in [0.1, 0.15) is 5.69 Å². The van der Waals surface area contributed by atoms with E-state index in [9.17, 15) is 13.2 Å². The number of nitrogens with zero attached hydrogens (tertiary/aromatic N) is 2. The van der Waals surface area contributed by atoms with Gasteiger partial charge in [-0.05, 0) is 17.7 Å². The van der Waals surface area contributed by atoms with Gasteiger partial charge in [0, 0.05) is 6.20 Å². The summed E-state index contributed by atoms with van der Waals surface area (Å²) in [5.74, 6) is 0. The second-order valence-corrected chi connectivity index (χ2v) is 2.22. The summed E-state index contributed by atoms with van der Waals surface area (Å²) in [6, 6.07) is 2.09. The molecule has 6 heteroatoms. The summed E-state index contributed by atoms with van der Waals surface area (Å²) in [7, 11) is 0. The van der Waals surface area contributed by atoms with E-state index in [1.54, 1.807) is 0 Å². The molecule has 0 radical (unpaired) electrons. The van der Waals surface area contributed by atoms with Gasteiger partial charge < -0.3 is 5.21 Å². The fraction of sp³-hybridized carbons (Fsp3) is 0.143. The highest BCUT2D eigenvalue weighted by molar-refractivity contribution is 5.78. The Morgan fingerprint density at radius 2 is 2.15 bits per heavy atom. The van der Waals surface area contributed by atoms with Gasteiger partial charge >= 0.3 is 6.18 Å². The third kappa shape index (κ3) is 2.43. The smallest absolute Gasteiger partial charge is 0.411 e. The first kappa shape index (κ1) is 9.50. The van der Waals surface area contributed by atoms with Crippen molar-refractivity contribution in [3.63, 3.8) is 0 Å². The first-order valence-corrected chi connectivity index (χ1v) is 3.24. The Hall–Kier alpha value is -1.59. The maximum atomic E-state index is 12.0. The minimum absolute atomic E-state index is 0.143. The van der Waals surface area contributed by atoms with Crippen LogP contribution >= 0.6 is 0 Å². The molecule has 13 heavy (non-hydrogen) atoms. The van der Waals surface area contributed by atoms with E-state index in [1.807, 2.05) is 0 Å². The zero-order valence-corrected chi connectivity index (χ0v) is 6.28. The quantitative estimate of drug-likeness (QED) is 0.417. The first-order valence-electron chi connectivity index (χ1n) is 3.24. The predicted molar refractivity (Wildman–Crippen MR) is 38.6 cm³/mol. The van der Waals surface area contributed by atoms with Crippen LogP contribution in [-0.4, -0.2) is 16.4 Å². The molecule has 0 aliphatic carbocycles. The number of hydrogen-bond donors (Lipinski definition) is 1. The maximum absolute atomic E-state index is 12.0. The third-order valence-corrected chi connectivity index (χ3v) is 1.28. The molecule has 0 atom stereocenters. The van der Waals surface area contributed by atoms with Crippen molar-refractivity contribution in [1.29, 1.82) is 0 Å². The van der Waals surface area contributed by atoms with Crippen LogP contribution in [0, 0.1) is 0 Å². The molecule has 0 aliphatic heterocycles. The Kier molecular flexibility index (Phi) is 2.50. The molecular formula is C7H5F3N2O. The monoisotopic (exact) mass is 190 g/mol. The minimum atomic E-state index is -4.47. The molecule has 1 aromatic heterocycles. The standard InChI is InChI=1S/C7H5F3N2O/c8-7(9,10)6-3-5(4-12-13)1-2-11-6/h1-4,13H/b12-4+. The van der Waals surface area contributed by atoms with E-state index >= 15 is 0 Å². The van der Waals surface area contributed by atoms with E-state index in [0.29, 0.717) is 0 Å². The van der Waals surface area contributed by atoms with Crippen molar-refractivity contribution < 1.29 is 18.4 Å². The number of aromatic nitrogens is 1. The predicted octanol–water partition coefficient (Wildman–Crippen LogP) is 1.91. The highest BCUT2D eigenvalue weighted by Crippen LogP contribution is 2.27. The molecule has 0 fully saturated rings. The molecule has 0 bridgehead atoms. The molecule has 0 saturated heterocycles. The first-order chi connectivity index (χ1) is 6.04. The number of pyridine rings is 1. The summed E-state index contributed by atoms with van der Waals surface area (Å²) in [5, 5.41) is 10.7. The lowest BCUT2D eigenvalue weighted by molar-refractivity contribution is -0.141. The Morgan fingerprint density at radius 3 is 2.69 bits per heavy atom. The van der Waals surface area contributed by atoms with Crippen molar-refractivity contribution in [3.8, 4) is 0 Å². The molecule has 1 N–H and O–H groups in total. The van der Waals surface area contributed by atoms with Crippen LogP contribution in [0.25, 0.3) is 0 Å². The fourth-order valence-electron chi connectivity index (χ4n) is 0.749. The lowest BCUT2D eigenvalue weighted by atomic mass is 10.2. The van der Waals surface area contributed by atoms with E-state index in [0.717, 1.165) is 18.5 Å². The van der Waals surface area contributed by atoms with Crippen LogP contribution in [0.4, 0.5) is 13.2 Å². The largest absolute Gasteiger partial charge is 0.433 e. The molecular weight excluding hydrogens is 185 g/mol. The van der Waals surface area contributed by atoms with E-state index in [2.05, 4.69) is 10.1 Å². The highest BCUT2D eigenvalue weighted by Gasteiger charge is 2.32. The van der Waals surface area contributed by atoms with Crippen LogP contribution in [0.3, 0.4) is 0 Å². The molecule has 70 valence electrons. The zero-order valence-electron chi connectivity index (χ0n) is 6.28. The molecule has 0 aliphatic rings. The van der Waals surface area contributed by atoms with E-state index < -0.39 is 11.9 Å². The Morgan fingerprint density at radius 1 is 1.46 bits per heavy atom. The molecule has 0 spiro atoms. The summed E-state index contributed by atoms with van der Waals surface area (Å²) in [6.45, 7) is 0. The molecule has 1 rings (SSSR count). The summed E-state index contributed by atoms with van der Waals surface area (Å²) in [5.41, 5.74) is -0.866. The van der Waals surface area contributed by atoms with E-state index in [1.165, 1.54) is 6.07 Å². The van der Waals surface area contributed by atoms with Crippen molar-refractivity contribution in [2.24, 2.45) is 5.16 Å². The Bertz CT molecular complexity index is 322. The molecule has 1 heterocycles. The summed E-state index contributed by atoms with van der Waals surface area (Å²) < 4.78 is 36.1.